The number of halogens is 2. The molecule has 1 fully saturated rings. The number of carbonyl (C=O) groups excluding carboxylic acids is 1. The summed E-state index contributed by atoms with van der Waals surface area (Å²) < 4.78 is 41.8. The molecule has 0 bridgehead atoms. The van der Waals surface area contributed by atoms with E-state index in [4.69, 9.17) is 9.47 Å². The van der Waals surface area contributed by atoms with Gasteiger partial charge in [0.2, 0.25) is 0 Å². The molecule has 1 atom stereocenters. The summed E-state index contributed by atoms with van der Waals surface area (Å²) in [7, 11) is 1.33. The fraction of sp³-hybridized carbons (Fsp3) is 0.280. The maximum atomic E-state index is 15.7. The Morgan fingerprint density at radius 3 is 2.91 bits per heavy atom. The van der Waals surface area contributed by atoms with Crippen LogP contribution < -0.4 is 20.8 Å². The van der Waals surface area contributed by atoms with E-state index in [1.807, 2.05) is 25.1 Å². The second kappa shape index (κ2) is 8.57. The second-order valence-electron chi connectivity index (χ2n) is 8.43. The standard InChI is InChI=1S/C25H24F2N4O3/c1-14-4-7-21-20(10-14)29-24(31(21)13-16-12-30(8-9-34-16)25(32)33-3)22-18(26)11-19-17(23(22)27)6-5-15(2)28-19/h4-7,10-11,16,29H,2,8-9,12-13H2,1,3H3/t16-/m1/s1. The van der Waals surface area contributed by atoms with E-state index in [2.05, 4.69) is 16.9 Å². The third kappa shape index (κ3) is 3.81. The van der Waals surface area contributed by atoms with Crippen LogP contribution in [0.15, 0.2) is 36.4 Å². The van der Waals surface area contributed by atoms with Gasteiger partial charge >= 0.3 is 6.09 Å². The van der Waals surface area contributed by atoms with E-state index in [0.717, 1.165) is 16.9 Å². The number of anilines is 2. The van der Waals surface area contributed by atoms with E-state index >= 15 is 8.78 Å². The highest BCUT2D eigenvalue weighted by Crippen LogP contribution is 2.38. The van der Waals surface area contributed by atoms with Crippen LogP contribution in [0.1, 0.15) is 5.56 Å². The van der Waals surface area contributed by atoms with Crippen molar-refractivity contribution in [3.05, 3.63) is 64.2 Å². The smallest absolute Gasteiger partial charge is 0.409 e. The molecule has 2 aromatic carbocycles. The molecule has 1 amide bonds. The first-order valence-electron chi connectivity index (χ1n) is 10.9. The Labute approximate surface area is 194 Å². The molecule has 1 saturated heterocycles. The Morgan fingerprint density at radius 2 is 2.12 bits per heavy atom. The Morgan fingerprint density at radius 1 is 1.29 bits per heavy atom. The third-order valence-corrected chi connectivity index (χ3v) is 6.10. The maximum absolute atomic E-state index is 15.7. The van der Waals surface area contributed by atoms with E-state index in [1.165, 1.54) is 13.2 Å². The van der Waals surface area contributed by atoms with E-state index in [0.29, 0.717) is 25.0 Å². The van der Waals surface area contributed by atoms with Gasteiger partial charge in [-0.25, -0.2) is 18.6 Å². The zero-order valence-electron chi connectivity index (χ0n) is 18.9. The number of ether oxygens (including phenoxy) is 2. The van der Waals surface area contributed by atoms with Gasteiger partial charge in [0.05, 0.1) is 60.4 Å². The number of rotatable bonds is 2. The third-order valence-electron chi connectivity index (χ3n) is 6.10. The molecular formula is C25H24F2N4O3. The fourth-order valence-electron chi connectivity index (χ4n) is 4.48. The number of morpholine rings is 1. The number of amides is 1. The minimum atomic E-state index is -0.735. The summed E-state index contributed by atoms with van der Waals surface area (Å²) in [6.07, 6.45) is -0.823. The molecular weight excluding hydrogens is 442 g/mol. The average Bonchev–Trinajstić information content (AvgIpc) is 3.15. The van der Waals surface area contributed by atoms with Crippen molar-refractivity contribution in [2.45, 2.75) is 13.0 Å². The second-order valence-corrected chi connectivity index (χ2v) is 8.43. The lowest BCUT2D eigenvalue weighted by Crippen LogP contribution is -2.49. The Kier molecular flexibility index (Phi) is 5.57. The van der Waals surface area contributed by atoms with Crippen molar-refractivity contribution in [3.63, 3.8) is 0 Å². The van der Waals surface area contributed by atoms with Crippen molar-refractivity contribution in [2.24, 2.45) is 0 Å². The van der Waals surface area contributed by atoms with Crippen LogP contribution in [-0.4, -0.2) is 55.4 Å². The lowest BCUT2D eigenvalue weighted by molar-refractivity contribution is -0.0193. The van der Waals surface area contributed by atoms with Crippen molar-refractivity contribution in [2.75, 3.05) is 43.6 Å². The van der Waals surface area contributed by atoms with Gasteiger partial charge in [-0.15, -0.1) is 0 Å². The van der Waals surface area contributed by atoms with E-state index in [1.54, 1.807) is 21.9 Å². The van der Waals surface area contributed by atoms with Crippen molar-refractivity contribution < 1.29 is 23.0 Å². The quantitative estimate of drug-likeness (QED) is 0.627. The van der Waals surface area contributed by atoms with Crippen LogP contribution in [0.2, 0.25) is 0 Å². The van der Waals surface area contributed by atoms with Crippen LogP contribution >= 0.6 is 0 Å². The molecule has 3 heterocycles. The van der Waals surface area contributed by atoms with Crippen LogP contribution in [-0.2, 0) is 9.47 Å². The molecule has 7 nitrogen and oxygen atoms in total. The van der Waals surface area contributed by atoms with E-state index in [9.17, 15) is 4.79 Å². The number of nitrogens with one attached hydrogen (secondary N) is 1. The molecule has 1 aromatic heterocycles. The number of nitrogens with zero attached hydrogens (tertiary/aromatic N) is 3. The molecule has 2 aliphatic rings. The predicted octanol–water partition coefficient (Wildman–Crippen LogP) is 2.70. The van der Waals surface area contributed by atoms with Gasteiger partial charge in [-0.2, -0.15) is 0 Å². The average molecular weight is 466 g/mol. The molecule has 9 heteroatoms. The van der Waals surface area contributed by atoms with Gasteiger partial charge in [-0.05, 0) is 36.8 Å². The van der Waals surface area contributed by atoms with E-state index in [-0.39, 0.29) is 34.6 Å². The molecule has 1 N–H and O–H groups in total. The van der Waals surface area contributed by atoms with Gasteiger partial charge in [-0.3, -0.25) is 0 Å². The first-order valence-corrected chi connectivity index (χ1v) is 10.9. The molecule has 0 aliphatic carbocycles. The normalized spacial score (nSPS) is 19.2. The van der Waals surface area contributed by atoms with Crippen LogP contribution in [0.3, 0.4) is 0 Å². The Hall–Kier alpha value is -3.72. The Balaban J connectivity index is 1.63. The topological polar surface area (TPSA) is 66.9 Å². The monoisotopic (exact) mass is 466 g/mol. The van der Waals surface area contributed by atoms with Crippen molar-refractivity contribution >= 4 is 40.8 Å². The largest absolute Gasteiger partial charge is 0.453 e. The number of pyridine rings is 1. The molecule has 0 unspecified atom stereocenters. The highest BCUT2D eigenvalue weighted by atomic mass is 19.1. The molecule has 0 saturated carbocycles. The summed E-state index contributed by atoms with van der Waals surface area (Å²) in [6, 6.07) is 10.1. The zero-order valence-corrected chi connectivity index (χ0v) is 18.9. The fourth-order valence-corrected chi connectivity index (χ4v) is 4.48. The minimum Gasteiger partial charge on any atom is -0.453 e. The van der Waals surface area contributed by atoms with E-state index < -0.39 is 17.7 Å². The predicted molar refractivity (Wildman–Crippen MR) is 126 cm³/mol. The highest BCUT2D eigenvalue weighted by molar-refractivity contribution is 5.94. The summed E-state index contributed by atoms with van der Waals surface area (Å²) in [5, 5.41) is 3.66. The van der Waals surface area contributed by atoms with Crippen molar-refractivity contribution in [1.82, 2.24) is 9.88 Å². The van der Waals surface area contributed by atoms with Crippen LogP contribution in [0.4, 0.5) is 25.0 Å². The number of aromatic nitrogens is 1. The maximum Gasteiger partial charge on any atom is 0.409 e. The minimum absolute atomic E-state index is 0.180. The summed E-state index contributed by atoms with van der Waals surface area (Å²) in [6.45, 7) is 7.02. The first-order chi connectivity index (χ1) is 16.4. The molecule has 0 spiro atoms. The summed E-state index contributed by atoms with van der Waals surface area (Å²) in [5.41, 5.74) is 2.71. The SMILES string of the molecule is C=c1ccc2c(F)c(=C3Nc4cc(C)ccc4N3C[C@H]3CN(C(=O)OC)CCO3)c(F)cc2n1. The number of methoxy groups -OCH3 is 1. The molecule has 176 valence electrons. The van der Waals surface area contributed by atoms with Crippen molar-refractivity contribution in [1.29, 1.82) is 0 Å². The number of hydrogen-bond acceptors (Lipinski definition) is 6. The van der Waals surface area contributed by atoms with Gasteiger partial charge in [0.25, 0.3) is 0 Å². The molecule has 34 heavy (non-hydrogen) atoms. The molecule has 3 aromatic rings. The lowest BCUT2D eigenvalue weighted by atomic mass is 10.1. The lowest BCUT2D eigenvalue weighted by Gasteiger charge is -2.34. The number of aryl methyl sites for hydroxylation is 1. The highest BCUT2D eigenvalue weighted by Gasteiger charge is 2.32. The van der Waals surface area contributed by atoms with Gasteiger partial charge < -0.3 is 24.6 Å². The molecule has 0 radical (unpaired) electrons. The summed E-state index contributed by atoms with van der Waals surface area (Å²) >= 11 is 0. The molecule has 5 rings (SSSR count). The number of benzene rings is 2. The Bertz CT molecular complexity index is 1410. The molecule has 2 aliphatic heterocycles. The zero-order chi connectivity index (χ0) is 24.0. The van der Waals surface area contributed by atoms with Crippen LogP contribution in [0.25, 0.3) is 23.3 Å². The van der Waals surface area contributed by atoms with Gasteiger partial charge in [0, 0.05) is 18.0 Å². The summed E-state index contributed by atoms with van der Waals surface area (Å²) in [4.78, 5) is 19.5. The number of fused-ring (bicyclic) bond motifs is 2. The van der Waals surface area contributed by atoms with Crippen LogP contribution in [0, 0.1) is 18.6 Å². The first kappa shape index (κ1) is 22.1. The van der Waals surface area contributed by atoms with Crippen LogP contribution in [0.5, 0.6) is 0 Å². The number of carbonyl (C=O) groups is 1. The van der Waals surface area contributed by atoms with Crippen molar-refractivity contribution in [3.8, 4) is 0 Å². The van der Waals surface area contributed by atoms with Gasteiger partial charge in [0.1, 0.15) is 17.5 Å². The number of hydrogen-bond donors (Lipinski definition) is 1. The summed E-state index contributed by atoms with van der Waals surface area (Å²) in [5.74, 6) is -1.17. The van der Waals surface area contributed by atoms with Gasteiger partial charge in [-0.1, -0.05) is 12.6 Å². The van der Waals surface area contributed by atoms with Gasteiger partial charge in [0.15, 0.2) is 0 Å².